The Balaban J connectivity index is 1.32. The van der Waals surface area contributed by atoms with E-state index in [1.54, 1.807) is 23.2 Å². The van der Waals surface area contributed by atoms with Crippen molar-refractivity contribution in [3.8, 4) is 34.7 Å². The number of hydrogen-bond donors (Lipinski definition) is 2. The molecule has 1 aliphatic heterocycles. The highest BCUT2D eigenvalue weighted by molar-refractivity contribution is 5.90. The van der Waals surface area contributed by atoms with Gasteiger partial charge in [0.25, 0.3) is 5.89 Å². The summed E-state index contributed by atoms with van der Waals surface area (Å²) in [5.74, 6) is 1.54. The molecule has 37 heavy (non-hydrogen) atoms. The molecule has 1 saturated heterocycles. The van der Waals surface area contributed by atoms with Crippen molar-refractivity contribution in [1.29, 1.82) is 10.7 Å². The van der Waals surface area contributed by atoms with Gasteiger partial charge in [0.15, 0.2) is 0 Å². The number of fused-ring (bicyclic) bond motifs is 1. The molecule has 2 amide bonds. The van der Waals surface area contributed by atoms with Crippen molar-refractivity contribution in [2.45, 2.75) is 45.1 Å². The molecule has 2 aromatic carbocycles. The van der Waals surface area contributed by atoms with Crippen LogP contribution >= 0.6 is 0 Å². The predicted octanol–water partition coefficient (Wildman–Crippen LogP) is 5.04. The average Bonchev–Trinajstić information content (AvgIpc) is 3.64. The van der Waals surface area contributed by atoms with E-state index in [0.29, 0.717) is 53.8 Å². The summed E-state index contributed by atoms with van der Waals surface area (Å²) in [5, 5.41) is 24.3. The third-order valence-corrected chi connectivity index (χ3v) is 6.58. The summed E-state index contributed by atoms with van der Waals surface area (Å²) < 4.78 is 11.3. The van der Waals surface area contributed by atoms with Crippen molar-refractivity contribution < 1.29 is 14.1 Å². The maximum Gasteiger partial charge on any atom is 0.321 e. The van der Waals surface area contributed by atoms with Gasteiger partial charge >= 0.3 is 6.03 Å². The van der Waals surface area contributed by atoms with E-state index in [-0.39, 0.29) is 18.1 Å². The van der Waals surface area contributed by atoms with Gasteiger partial charge in [-0.2, -0.15) is 10.2 Å². The molecule has 1 aromatic heterocycles. The number of rotatable bonds is 6. The molecule has 1 unspecified atom stereocenters. The van der Waals surface area contributed by atoms with Gasteiger partial charge in [-0.3, -0.25) is 0 Å². The lowest BCUT2D eigenvalue weighted by molar-refractivity contribution is 0.214. The van der Waals surface area contributed by atoms with Crippen molar-refractivity contribution in [3.63, 3.8) is 0 Å². The summed E-state index contributed by atoms with van der Waals surface area (Å²) >= 11 is 0. The van der Waals surface area contributed by atoms with Gasteiger partial charge in [-0.15, -0.1) is 0 Å². The monoisotopic (exact) mass is 496 g/mol. The third-order valence-electron chi connectivity index (χ3n) is 6.58. The first-order valence-electron chi connectivity index (χ1n) is 12.4. The molecule has 0 saturated carbocycles. The fraction of sp³-hybridized carbons (Fsp3) is 0.321. The number of allylic oxidation sites excluding steroid dienone is 1. The predicted molar refractivity (Wildman–Crippen MR) is 138 cm³/mol. The number of benzene rings is 2. The minimum absolute atomic E-state index is 0.0382. The fourth-order valence-electron chi connectivity index (χ4n) is 4.81. The Kier molecular flexibility index (Phi) is 6.73. The number of aromatic nitrogens is 2. The number of likely N-dealkylation sites (tertiary alicyclic amines) is 1. The number of nitrogens with one attached hydrogen (secondary N) is 2. The van der Waals surface area contributed by atoms with E-state index in [9.17, 15) is 10.1 Å². The van der Waals surface area contributed by atoms with Crippen LogP contribution in [-0.2, 0) is 6.42 Å². The van der Waals surface area contributed by atoms with Crippen LogP contribution in [0.5, 0.6) is 5.75 Å². The Bertz CT molecular complexity index is 1420. The molecule has 9 nitrogen and oxygen atoms in total. The van der Waals surface area contributed by atoms with Crippen molar-refractivity contribution in [1.82, 2.24) is 20.4 Å². The molecule has 5 rings (SSSR count). The quantitative estimate of drug-likeness (QED) is 0.492. The number of nitrogens with zero attached hydrogens (tertiary/aromatic N) is 4. The number of nitriles is 1. The molecular weight excluding hydrogens is 468 g/mol. The van der Waals surface area contributed by atoms with Crippen LogP contribution < -0.4 is 10.1 Å². The van der Waals surface area contributed by atoms with Gasteiger partial charge in [-0.25, -0.2) is 4.79 Å². The molecule has 188 valence electrons. The van der Waals surface area contributed by atoms with Crippen LogP contribution in [0.1, 0.15) is 49.3 Å². The second-order valence-electron chi connectivity index (χ2n) is 9.51. The van der Waals surface area contributed by atoms with Crippen LogP contribution in [0.15, 0.2) is 53.2 Å². The second-order valence-corrected chi connectivity index (χ2v) is 9.51. The van der Waals surface area contributed by atoms with Crippen molar-refractivity contribution in [3.05, 3.63) is 65.4 Å². The van der Waals surface area contributed by atoms with Gasteiger partial charge < -0.3 is 24.9 Å². The molecule has 1 atom stereocenters. The number of urea groups is 1. The lowest BCUT2D eigenvalue weighted by Gasteiger charge is -2.14. The standard InChI is InChI=1S/C28H28N6O3/c1-17(2)36-25-9-7-19(14-20(25)15-29)27-32-26(33-37-27)24-5-3-4-22-18(6-8-23(22)24)10-12-31-28(35)34-13-11-21(30)16-34/h3-5,7,9-10,12,14,17-18,30H,6,8,11,13,16H2,1-2H3,(H,31,35)/b12-10+,30-21?. The maximum absolute atomic E-state index is 12.3. The minimum Gasteiger partial charge on any atom is -0.490 e. The SMILES string of the molecule is CC(C)Oc1ccc(-c2nc(-c3cccc4c3CCC4/C=C/NC(=O)N3CCC(=N)C3)no2)cc1C#N. The van der Waals surface area contributed by atoms with Gasteiger partial charge in [0.05, 0.1) is 18.2 Å². The zero-order valence-corrected chi connectivity index (χ0v) is 20.8. The summed E-state index contributed by atoms with van der Waals surface area (Å²) in [6.07, 6.45) is 6.11. The van der Waals surface area contributed by atoms with Crippen LogP contribution in [0, 0.1) is 16.7 Å². The number of hydrogen-bond acceptors (Lipinski definition) is 7. The zero-order chi connectivity index (χ0) is 25.9. The fourth-order valence-corrected chi connectivity index (χ4v) is 4.81. The van der Waals surface area contributed by atoms with Gasteiger partial charge in [0.1, 0.15) is 11.8 Å². The molecule has 2 aliphatic rings. The van der Waals surface area contributed by atoms with E-state index in [1.807, 2.05) is 38.1 Å². The van der Waals surface area contributed by atoms with Gasteiger partial charge in [-0.1, -0.05) is 29.4 Å². The summed E-state index contributed by atoms with van der Waals surface area (Å²) in [7, 11) is 0. The molecule has 0 bridgehead atoms. The van der Waals surface area contributed by atoms with Gasteiger partial charge in [0, 0.05) is 41.9 Å². The smallest absolute Gasteiger partial charge is 0.321 e. The van der Waals surface area contributed by atoms with Gasteiger partial charge in [0.2, 0.25) is 5.82 Å². The van der Waals surface area contributed by atoms with Crippen molar-refractivity contribution in [2.24, 2.45) is 0 Å². The molecule has 0 spiro atoms. The van der Waals surface area contributed by atoms with E-state index >= 15 is 0 Å². The Morgan fingerprint density at radius 3 is 2.95 bits per heavy atom. The van der Waals surface area contributed by atoms with E-state index in [0.717, 1.165) is 18.4 Å². The Morgan fingerprint density at radius 2 is 2.19 bits per heavy atom. The van der Waals surface area contributed by atoms with Crippen LogP contribution in [0.3, 0.4) is 0 Å². The first-order valence-corrected chi connectivity index (χ1v) is 12.4. The van der Waals surface area contributed by atoms with E-state index in [1.165, 1.54) is 11.1 Å². The Morgan fingerprint density at radius 1 is 1.32 bits per heavy atom. The van der Waals surface area contributed by atoms with Crippen molar-refractivity contribution in [2.75, 3.05) is 13.1 Å². The summed E-state index contributed by atoms with van der Waals surface area (Å²) in [4.78, 5) is 18.6. The second kappa shape index (κ2) is 10.3. The minimum atomic E-state index is -0.173. The topological polar surface area (TPSA) is 128 Å². The zero-order valence-electron chi connectivity index (χ0n) is 20.8. The third kappa shape index (κ3) is 5.09. The maximum atomic E-state index is 12.3. The highest BCUT2D eigenvalue weighted by Crippen LogP contribution is 2.39. The summed E-state index contributed by atoms with van der Waals surface area (Å²) in [6.45, 7) is 4.82. The molecule has 9 heteroatoms. The molecule has 0 radical (unpaired) electrons. The van der Waals surface area contributed by atoms with Crippen LogP contribution in [0.2, 0.25) is 0 Å². The molecular formula is C28H28N6O3. The highest BCUT2D eigenvalue weighted by atomic mass is 16.5. The normalized spacial score (nSPS) is 16.9. The number of amides is 2. The van der Waals surface area contributed by atoms with E-state index < -0.39 is 0 Å². The molecule has 2 N–H and O–H groups in total. The summed E-state index contributed by atoms with van der Waals surface area (Å²) in [5.41, 5.74) is 4.92. The van der Waals surface area contributed by atoms with E-state index in [2.05, 4.69) is 27.6 Å². The Labute approximate surface area is 215 Å². The van der Waals surface area contributed by atoms with Crippen LogP contribution in [0.4, 0.5) is 4.79 Å². The molecule has 3 aromatic rings. The first kappa shape index (κ1) is 24.3. The van der Waals surface area contributed by atoms with Gasteiger partial charge in [-0.05, 0) is 56.0 Å². The molecule has 1 fully saturated rings. The Hall–Kier alpha value is -4.45. The molecule has 2 heterocycles. The molecule has 1 aliphatic carbocycles. The van der Waals surface area contributed by atoms with E-state index in [4.69, 9.17) is 14.7 Å². The first-order chi connectivity index (χ1) is 17.9. The number of carbonyl (C=O) groups is 1. The lowest BCUT2D eigenvalue weighted by Crippen LogP contribution is -2.35. The van der Waals surface area contributed by atoms with Crippen LogP contribution in [-0.4, -0.2) is 46.0 Å². The number of ether oxygens (including phenoxy) is 1. The highest BCUT2D eigenvalue weighted by Gasteiger charge is 2.26. The average molecular weight is 497 g/mol. The van der Waals surface area contributed by atoms with Crippen LogP contribution in [0.25, 0.3) is 22.8 Å². The summed E-state index contributed by atoms with van der Waals surface area (Å²) in [6, 6.07) is 13.3. The van der Waals surface area contributed by atoms with Crippen molar-refractivity contribution >= 4 is 11.7 Å². The largest absolute Gasteiger partial charge is 0.490 e. The lowest BCUT2D eigenvalue weighted by atomic mass is 9.98. The number of carbonyl (C=O) groups excluding carboxylic acids is 1.